The lowest BCUT2D eigenvalue weighted by atomic mass is 10.0. The summed E-state index contributed by atoms with van der Waals surface area (Å²) in [4.78, 5) is 30.4. The zero-order valence-electron chi connectivity index (χ0n) is 17.1. The third-order valence-corrected chi connectivity index (χ3v) is 4.27. The van der Waals surface area contributed by atoms with Gasteiger partial charge in [0.2, 0.25) is 5.91 Å². The molecule has 0 saturated heterocycles. The van der Waals surface area contributed by atoms with Crippen molar-refractivity contribution < 1.29 is 14.3 Å². The summed E-state index contributed by atoms with van der Waals surface area (Å²) in [7, 11) is 1.69. The molecule has 0 radical (unpaired) electrons. The Labute approximate surface area is 165 Å². The van der Waals surface area contributed by atoms with E-state index in [1.807, 2.05) is 51.1 Å². The van der Waals surface area contributed by atoms with Crippen LogP contribution in [0, 0.1) is 0 Å². The lowest BCUT2D eigenvalue weighted by Crippen LogP contribution is -2.48. The Balaban J connectivity index is 2.07. The number of benzene rings is 1. The van der Waals surface area contributed by atoms with Gasteiger partial charge in [0.15, 0.2) is 0 Å². The Morgan fingerprint density at radius 3 is 2.50 bits per heavy atom. The second-order valence-electron chi connectivity index (χ2n) is 7.73. The van der Waals surface area contributed by atoms with Crippen LogP contribution >= 0.6 is 0 Å². The van der Waals surface area contributed by atoms with Crippen molar-refractivity contribution in [3.8, 4) is 0 Å². The van der Waals surface area contributed by atoms with Crippen molar-refractivity contribution in [3.63, 3.8) is 0 Å². The topological polar surface area (TPSA) is 89.4 Å². The number of aromatic nitrogens is 3. The zero-order chi connectivity index (χ0) is 20.7. The van der Waals surface area contributed by atoms with E-state index in [2.05, 4.69) is 15.4 Å². The standard InChI is InChI=1S/C20H29N5O3/c1-15(25-14-21-13-23-25)18(26)22-12-17(11-16-9-7-6-8-10-16)24(5)19(27)28-20(2,3)4/h6-10,13-15,17H,11-12H2,1-5H3,(H,22,26). The summed E-state index contributed by atoms with van der Waals surface area (Å²) in [5.74, 6) is -0.193. The minimum Gasteiger partial charge on any atom is -0.444 e. The minimum atomic E-state index is -0.590. The zero-order valence-corrected chi connectivity index (χ0v) is 17.1. The van der Waals surface area contributed by atoms with Crippen LogP contribution in [-0.2, 0) is 16.0 Å². The van der Waals surface area contributed by atoms with Gasteiger partial charge in [0.25, 0.3) is 0 Å². The van der Waals surface area contributed by atoms with Gasteiger partial charge in [-0.15, -0.1) is 0 Å². The fourth-order valence-corrected chi connectivity index (χ4v) is 2.62. The maximum Gasteiger partial charge on any atom is 0.410 e. The van der Waals surface area contributed by atoms with Crippen molar-refractivity contribution in [2.24, 2.45) is 0 Å². The monoisotopic (exact) mass is 387 g/mol. The molecule has 2 unspecified atom stereocenters. The number of hydrogen-bond donors (Lipinski definition) is 1. The molecule has 8 heteroatoms. The van der Waals surface area contributed by atoms with Gasteiger partial charge in [-0.1, -0.05) is 30.3 Å². The van der Waals surface area contributed by atoms with Crippen LogP contribution in [0.3, 0.4) is 0 Å². The van der Waals surface area contributed by atoms with E-state index in [0.717, 1.165) is 5.56 Å². The first-order valence-corrected chi connectivity index (χ1v) is 9.29. The number of rotatable bonds is 7. The number of nitrogens with one attached hydrogen (secondary N) is 1. The van der Waals surface area contributed by atoms with Gasteiger partial charge in [-0.25, -0.2) is 14.5 Å². The van der Waals surface area contributed by atoms with Gasteiger partial charge in [-0.3, -0.25) is 4.79 Å². The molecule has 1 aromatic heterocycles. The smallest absolute Gasteiger partial charge is 0.410 e. The van der Waals surface area contributed by atoms with E-state index in [4.69, 9.17) is 4.74 Å². The van der Waals surface area contributed by atoms with Crippen molar-refractivity contribution >= 4 is 12.0 Å². The Kier molecular flexibility index (Phi) is 7.14. The van der Waals surface area contributed by atoms with Crippen molar-refractivity contribution in [2.75, 3.05) is 13.6 Å². The largest absolute Gasteiger partial charge is 0.444 e. The van der Waals surface area contributed by atoms with Gasteiger partial charge >= 0.3 is 6.09 Å². The first-order chi connectivity index (χ1) is 13.2. The first-order valence-electron chi connectivity index (χ1n) is 9.29. The lowest BCUT2D eigenvalue weighted by Gasteiger charge is -2.31. The molecular formula is C20H29N5O3. The Bertz CT molecular complexity index is 756. The highest BCUT2D eigenvalue weighted by Crippen LogP contribution is 2.14. The Morgan fingerprint density at radius 2 is 1.93 bits per heavy atom. The SMILES string of the molecule is CC(C(=O)NCC(Cc1ccccc1)N(C)C(=O)OC(C)(C)C)n1cncn1. The number of carbonyl (C=O) groups excluding carboxylic acids is 2. The molecule has 152 valence electrons. The van der Waals surface area contributed by atoms with E-state index in [0.29, 0.717) is 13.0 Å². The summed E-state index contributed by atoms with van der Waals surface area (Å²) in [6, 6.07) is 9.08. The molecular weight excluding hydrogens is 358 g/mol. The van der Waals surface area contributed by atoms with E-state index in [1.165, 1.54) is 17.3 Å². The molecule has 0 fully saturated rings. The normalized spacial score (nSPS) is 13.5. The highest BCUT2D eigenvalue weighted by Gasteiger charge is 2.26. The van der Waals surface area contributed by atoms with Crippen LogP contribution in [0.5, 0.6) is 0 Å². The van der Waals surface area contributed by atoms with E-state index in [1.54, 1.807) is 18.9 Å². The number of amides is 2. The molecule has 2 amide bonds. The fraction of sp³-hybridized carbons (Fsp3) is 0.500. The average molecular weight is 387 g/mol. The van der Waals surface area contributed by atoms with Gasteiger partial charge in [0.05, 0.1) is 6.04 Å². The van der Waals surface area contributed by atoms with E-state index in [-0.39, 0.29) is 11.9 Å². The fourth-order valence-electron chi connectivity index (χ4n) is 2.62. The first kappa shape index (κ1) is 21.4. The van der Waals surface area contributed by atoms with Gasteiger partial charge < -0.3 is 15.0 Å². The average Bonchev–Trinajstić information content (AvgIpc) is 3.17. The van der Waals surface area contributed by atoms with E-state index >= 15 is 0 Å². The van der Waals surface area contributed by atoms with Crippen LogP contribution in [-0.4, -0.2) is 56.9 Å². The van der Waals surface area contributed by atoms with Crippen molar-refractivity contribution in [2.45, 2.75) is 51.8 Å². The van der Waals surface area contributed by atoms with Crippen LogP contribution in [0.25, 0.3) is 0 Å². The number of likely N-dealkylation sites (N-methyl/N-ethyl adjacent to an activating group) is 1. The molecule has 0 aliphatic rings. The molecule has 1 heterocycles. The van der Waals surface area contributed by atoms with Crippen LogP contribution in [0.2, 0.25) is 0 Å². The molecule has 28 heavy (non-hydrogen) atoms. The highest BCUT2D eigenvalue weighted by atomic mass is 16.6. The molecule has 0 saturated carbocycles. The Hall–Kier alpha value is -2.90. The van der Waals surface area contributed by atoms with Crippen LogP contribution < -0.4 is 5.32 Å². The van der Waals surface area contributed by atoms with Crippen molar-refractivity contribution in [3.05, 3.63) is 48.5 Å². The predicted molar refractivity (Wildman–Crippen MR) is 106 cm³/mol. The van der Waals surface area contributed by atoms with Crippen LogP contribution in [0.15, 0.2) is 43.0 Å². The van der Waals surface area contributed by atoms with Crippen LogP contribution in [0.1, 0.15) is 39.3 Å². The third kappa shape index (κ3) is 6.37. The summed E-state index contributed by atoms with van der Waals surface area (Å²) in [6.45, 7) is 7.52. The summed E-state index contributed by atoms with van der Waals surface area (Å²) >= 11 is 0. The molecule has 2 atom stereocenters. The summed E-state index contributed by atoms with van der Waals surface area (Å²) in [5.41, 5.74) is 0.481. The summed E-state index contributed by atoms with van der Waals surface area (Å²) in [5, 5.41) is 6.91. The lowest BCUT2D eigenvalue weighted by molar-refractivity contribution is -0.124. The van der Waals surface area contributed by atoms with E-state index in [9.17, 15) is 9.59 Å². The minimum absolute atomic E-state index is 0.193. The number of hydrogen-bond acceptors (Lipinski definition) is 5. The maximum atomic E-state index is 12.5. The van der Waals surface area contributed by atoms with Crippen molar-refractivity contribution in [1.29, 1.82) is 0 Å². The van der Waals surface area contributed by atoms with E-state index < -0.39 is 17.7 Å². The van der Waals surface area contributed by atoms with Gasteiger partial charge in [-0.2, -0.15) is 5.10 Å². The van der Waals surface area contributed by atoms with Gasteiger partial charge in [0, 0.05) is 13.6 Å². The Morgan fingerprint density at radius 1 is 1.25 bits per heavy atom. The molecule has 8 nitrogen and oxygen atoms in total. The van der Waals surface area contributed by atoms with Crippen LogP contribution in [0.4, 0.5) is 4.79 Å². The van der Waals surface area contributed by atoms with Crippen molar-refractivity contribution in [1.82, 2.24) is 25.0 Å². The molecule has 1 N–H and O–H groups in total. The molecule has 2 rings (SSSR count). The quantitative estimate of drug-likeness (QED) is 0.788. The summed E-state index contributed by atoms with van der Waals surface area (Å²) in [6.07, 6.45) is 3.05. The molecule has 0 spiro atoms. The van der Waals surface area contributed by atoms with Gasteiger partial charge in [0.1, 0.15) is 24.3 Å². The number of carbonyl (C=O) groups is 2. The second-order valence-corrected chi connectivity index (χ2v) is 7.73. The molecule has 0 aliphatic carbocycles. The highest BCUT2D eigenvalue weighted by molar-refractivity contribution is 5.79. The second kappa shape index (κ2) is 9.34. The summed E-state index contributed by atoms with van der Waals surface area (Å²) < 4.78 is 6.97. The number of ether oxygens (including phenoxy) is 1. The maximum absolute atomic E-state index is 12.5. The third-order valence-electron chi connectivity index (χ3n) is 4.27. The molecule has 0 aliphatic heterocycles. The molecule has 2 aromatic rings. The number of nitrogens with zero attached hydrogens (tertiary/aromatic N) is 4. The predicted octanol–water partition coefficient (Wildman–Crippen LogP) is 2.43. The molecule has 1 aromatic carbocycles. The molecule has 0 bridgehead atoms. The van der Waals surface area contributed by atoms with Gasteiger partial charge in [-0.05, 0) is 39.7 Å².